The third-order valence-corrected chi connectivity index (χ3v) is 11.1. The van der Waals surface area contributed by atoms with Crippen LogP contribution in [0.2, 0.25) is 0 Å². The molecule has 1 saturated heterocycles. The molecule has 3 aromatic carbocycles. The molecule has 9 N–H and O–H groups in total. The van der Waals surface area contributed by atoms with Gasteiger partial charge in [-0.25, -0.2) is 9.59 Å². The molecule has 7 atom stereocenters. The van der Waals surface area contributed by atoms with E-state index >= 15 is 0 Å². The zero-order chi connectivity index (χ0) is 45.3. The van der Waals surface area contributed by atoms with Gasteiger partial charge in [0.25, 0.3) is 0 Å². The maximum atomic E-state index is 14.3. The zero-order valence-corrected chi connectivity index (χ0v) is 35.6. The van der Waals surface area contributed by atoms with Crippen molar-refractivity contribution in [3.63, 3.8) is 0 Å². The summed E-state index contributed by atoms with van der Waals surface area (Å²) in [7, 11) is 1.43. The molecule has 0 aromatic heterocycles. The summed E-state index contributed by atoms with van der Waals surface area (Å²) in [5.74, 6) is -4.84. The lowest BCUT2D eigenvalue weighted by molar-refractivity contribution is -0.142. The molecule has 0 spiro atoms. The van der Waals surface area contributed by atoms with E-state index in [0.29, 0.717) is 24.8 Å². The van der Waals surface area contributed by atoms with E-state index < -0.39 is 83.7 Å². The number of rotatable bonds is 12. The first-order chi connectivity index (χ1) is 29.6. The van der Waals surface area contributed by atoms with Gasteiger partial charge in [-0.2, -0.15) is 0 Å². The van der Waals surface area contributed by atoms with E-state index in [1.807, 2.05) is 37.3 Å². The molecular weight excluding hydrogens is 799 g/mol. The smallest absolute Gasteiger partial charge is 0.326 e. The number of nitrogens with zero attached hydrogens (tertiary/aromatic N) is 1. The van der Waals surface area contributed by atoms with Crippen molar-refractivity contribution >= 4 is 41.5 Å². The van der Waals surface area contributed by atoms with Gasteiger partial charge in [-0.15, -0.1) is 0 Å². The second kappa shape index (κ2) is 23.4. The second-order valence-corrected chi connectivity index (χ2v) is 15.7. The number of amides is 7. The SMILES string of the molecule is CC[C@H](C)[C@@H]1NC(=O)[C@H](NC(=O)N[C@@H](Cc2ccc(O)cc2)C(=O)O)CCCCNC(=O)[C@H](Cc2ccccc2)NC(=O)[C@H](C)N(C)C(=O)[C@@H](CCc2ccc(O)cc2)NC1=O. The van der Waals surface area contributed by atoms with Gasteiger partial charge in [-0.3, -0.25) is 24.0 Å². The van der Waals surface area contributed by atoms with Crippen molar-refractivity contribution < 1.29 is 48.9 Å². The summed E-state index contributed by atoms with van der Waals surface area (Å²) in [6.07, 6.45) is 1.49. The van der Waals surface area contributed by atoms with Crippen LogP contribution in [0.1, 0.15) is 69.6 Å². The molecule has 0 bridgehead atoms. The number of nitrogens with one attached hydrogen (secondary N) is 6. The Hall–Kier alpha value is -6.65. The van der Waals surface area contributed by atoms with Crippen LogP contribution in [0.5, 0.6) is 11.5 Å². The zero-order valence-electron chi connectivity index (χ0n) is 35.6. The standard InChI is InChI=1S/C45H59N7O10/c1-5-27(2)38-42(58)47-35(23-18-29-14-19-32(53)20-15-29)43(59)52(4)28(3)39(55)48-36(25-30-11-7-6-8-12-30)40(56)46-24-10-9-13-34(41(57)51-38)49-45(62)50-37(44(60)61)26-31-16-21-33(54)22-17-31/h6-8,11-12,14-17,19-22,27-28,34-38,53-54H,5,9-10,13,18,23-26H2,1-4H3,(H,46,56)(H,47,58)(H,48,55)(H,51,57)(H,60,61)(H2,49,50,62)/t27-,28-,34+,35+,36-,37-,38-/m0/s1. The molecular formula is C45H59N7O10. The van der Waals surface area contributed by atoms with E-state index in [9.17, 15) is 48.9 Å². The number of carbonyl (C=O) groups excluding carboxylic acids is 6. The Morgan fingerprint density at radius 1 is 0.774 bits per heavy atom. The van der Waals surface area contributed by atoms with Crippen LogP contribution >= 0.6 is 0 Å². The number of likely N-dealkylation sites (N-methyl/N-ethyl adjacent to an activating group) is 1. The van der Waals surface area contributed by atoms with Crippen molar-refractivity contribution in [2.75, 3.05) is 13.6 Å². The van der Waals surface area contributed by atoms with Gasteiger partial charge < -0.3 is 52.1 Å². The predicted octanol–water partition coefficient (Wildman–Crippen LogP) is 2.28. The van der Waals surface area contributed by atoms with Crippen molar-refractivity contribution in [3.8, 4) is 11.5 Å². The van der Waals surface area contributed by atoms with Crippen LogP contribution in [-0.2, 0) is 48.0 Å². The number of aliphatic carboxylic acids is 1. The number of phenols is 2. The third kappa shape index (κ3) is 14.5. The van der Waals surface area contributed by atoms with Gasteiger partial charge in [-0.1, -0.05) is 74.9 Å². The van der Waals surface area contributed by atoms with Gasteiger partial charge in [0, 0.05) is 26.4 Å². The van der Waals surface area contributed by atoms with E-state index in [1.54, 1.807) is 19.1 Å². The molecule has 0 radical (unpaired) electrons. The number of carbonyl (C=O) groups is 7. The summed E-state index contributed by atoms with van der Waals surface area (Å²) in [5.41, 5.74) is 2.06. The number of phenolic OH excluding ortho intramolecular Hbond substituents is 2. The van der Waals surface area contributed by atoms with Crippen molar-refractivity contribution in [1.82, 2.24) is 36.8 Å². The van der Waals surface area contributed by atoms with E-state index in [1.165, 1.54) is 55.3 Å². The van der Waals surface area contributed by atoms with E-state index in [2.05, 4.69) is 31.9 Å². The fourth-order valence-corrected chi connectivity index (χ4v) is 6.92. The quantitative estimate of drug-likeness (QED) is 0.129. The minimum Gasteiger partial charge on any atom is -0.508 e. The number of carboxylic acid groups (broad SMARTS) is 1. The summed E-state index contributed by atoms with van der Waals surface area (Å²) in [5, 5.41) is 45.6. The van der Waals surface area contributed by atoms with Crippen LogP contribution in [0.4, 0.5) is 4.79 Å². The molecule has 17 nitrogen and oxygen atoms in total. The molecule has 1 aliphatic heterocycles. The van der Waals surface area contributed by atoms with Gasteiger partial charge >= 0.3 is 12.0 Å². The summed E-state index contributed by atoms with van der Waals surface area (Å²) >= 11 is 0. The Morgan fingerprint density at radius 3 is 2.00 bits per heavy atom. The van der Waals surface area contributed by atoms with E-state index in [4.69, 9.17) is 0 Å². The number of hydrogen-bond acceptors (Lipinski definition) is 9. The maximum absolute atomic E-state index is 14.3. The van der Waals surface area contributed by atoms with Crippen molar-refractivity contribution in [3.05, 3.63) is 95.6 Å². The predicted molar refractivity (Wildman–Crippen MR) is 230 cm³/mol. The van der Waals surface area contributed by atoms with Crippen LogP contribution in [0.3, 0.4) is 0 Å². The monoisotopic (exact) mass is 857 g/mol. The molecule has 0 unspecified atom stereocenters. The molecule has 4 rings (SSSR count). The minimum atomic E-state index is -1.40. The van der Waals surface area contributed by atoms with Gasteiger partial charge in [-0.05, 0) is 85.9 Å². The molecule has 334 valence electrons. The second-order valence-electron chi connectivity index (χ2n) is 15.7. The first-order valence-corrected chi connectivity index (χ1v) is 20.9. The molecule has 62 heavy (non-hydrogen) atoms. The number of urea groups is 1. The van der Waals surface area contributed by atoms with E-state index in [0.717, 1.165) is 11.1 Å². The summed E-state index contributed by atoms with van der Waals surface area (Å²) in [4.78, 5) is 96.7. The van der Waals surface area contributed by atoms with Gasteiger partial charge in [0.2, 0.25) is 29.5 Å². The highest BCUT2D eigenvalue weighted by atomic mass is 16.4. The van der Waals surface area contributed by atoms with Gasteiger partial charge in [0.05, 0.1) is 0 Å². The summed E-state index contributed by atoms with van der Waals surface area (Å²) in [6.45, 7) is 5.23. The largest absolute Gasteiger partial charge is 0.508 e. The first kappa shape index (κ1) is 48.0. The van der Waals surface area contributed by atoms with Gasteiger partial charge in [0.15, 0.2) is 0 Å². The molecule has 0 aliphatic carbocycles. The average molecular weight is 858 g/mol. The molecule has 1 fully saturated rings. The molecule has 1 aliphatic rings. The molecule has 0 saturated carbocycles. The van der Waals surface area contributed by atoms with Crippen LogP contribution < -0.4 is 31.9 Å². The van der Waals surface area contributed by atoms with Crippen LogP contribution in [0.25, 0.3) is 0 Å². The Kier molecular flexibility index (Phi) is 18.1. The highest BCUT2D eigenvalue weighted by Gasteiger charge is 2.36. The third-order valence-electron chi connectivity index (χ3n) is 11.1. The van der Waals surface area contributed by atoms with Crippen molar-refractivity contribution in [2.24, 2.45) is 5.92 Å². The fourth-order valence-electron chi connectivity index (χ4n) is 6.92. The van der Waals surface area contributed by atoms with Crippen LogP contribution in [-0.4, -0.2) is 112 Å². The Labute approximate surface area is 361 Å². The highest BCUT2D eigenvalue weighted by Crippen LogP contribution is 2.17. The lowest BCUT2D eigenvalue weighted by Crippen LogP contribution is -2.60. The maximum Gasteiger partial charge on any atom is 0.326 e. The number of carboxylic acids is 1. The molecule has 1 heterocycles. The van der Waals surface area contributed by atoms with Crippen LogP contribution in [0.15, 0.2) is 78.9 Å². The average Bonchev–Trinajstić information content (AvgIpc) is 3.25. The number of aryl methyl sites for hydroxylation is 1. The Balaban J connectivity index is 1.65. The first-order valence-electron chi connectivity index (χ1n) is 20.9. The fraction of sp³-hybridized carbons (Fsp3) is 0.444. The topological polar surface area (TPSA) is 256 Å². The Bertz CT molecular complexity index is 2000. The summed E-state index contributed by atoms with van der Waals surface area (Å²) in [6, 6.07) is 13.2. The normalized spacial score (nSPS) is 22.0. The minimum absolute atomic E-state index is 0.0141. The Morgan fingerprint density at radius 2 is 1.39 bits per heavy atom. The van der Waals surface area contributed by atoms with Gasteiger partial charge in [0.1, 0.15) is 47.8 Å². The number of aromatic hydroxyl groups is 2. The summed E-state index contributed by atoms with van der Waals surface area (Å²) < 4.78 is 0. The lowest BCUT2D eigenvalue weighted by Gasteiger charge is -2.32. The number of hydrogen-bond donors (Lipinski definition) is 9. The van der Waals surface area contributed by atoms with Crippen LogP contribution in [0, 0.1) is 5.92 Å². The van der Waals surface area contributed by atoms with Crippen molar-refractivity contribution in [1.29, 1.82) is 0 Å². The molecule has 3 aromatic rings. The molecule has 7 amide bonds. The van der Waals surface area contributed by atoms with E-state index in [-0.39, 0.29) is 50.1 Å². The van der Waals surface area contributed by atoms with Crippen molar-refractivity contribution in [2.45, 2.75) is 108 Å². The molecule has 17 heteroatoms. The number of benzene rings is 3. The lowest BCUT2D eigenvalue weighted by atomic mass is 9.96. The highest BCUT2D eigenvalue weighted by molar-refractivity contribution is 5.96.